The molecule has 4 aliphatic heterocycles. The van der Waals surface area contributed by atoms with Crippen molar-refractivity contribution in [2.45, 2.75) is 66.2 Å². The van der Waals surface area contributed by atoms with Crippen molar-refractivity contribution in [3.05, 3.63) is 81.3 Å². The summed E-state index contributed by atoms with van der Waals surface area (Å²) in [6.07, 6.45) is 4.34. The Bertz CT molecular complexity index is 2130. The molecule has 2 aliphatic carbocycles. The Morgan fingerprint density at radius 2 is 1.62 bits per heavy atom. The standard InChI is InChI=1S/C36H40N8O4.C4H8O.C2H6/c1-36(2)16-21-14-27-35(47)44(13-12-43(27)28(21)17-36)33-30-24(6-7-37-33)25-15-26(34(46)40(3)31(25)32(30)45)39-29-5-4-22(18-38-29)41-8-10-42(11-9-41)23-19-48-20-23;1-4-2-5-3-4;1-2/h4-7,14-15,18,23,32,45H,8-13,16-17,19-20H2,1-3H3,(H,38,39);4H,2-3H2,1H3;1-2H3. The van der Waals surface area contributed by atoms with Gasteiger partial charge in [0, 0.05) is 75.3 Å². The maximum Gasteiger partial charge on any atom is 0.276 e. The molecule has 3 saturated heterocycles. The number of fused-ring (bicyclic) bond motifs is 6. The van der Waals surface area contributed by atoms with Crippen molar-refractivity contribution >= 4 is 28.9 Å². The van der Waals surface area contributed by atoms with Gasteiger partial charge in [0.15, 0.2) is 0 Å². The molecule has 2 N–H and O–H groups in total. The van der Waals surface area contributed by atoms with Gasteiger partial charge in [-0.1, -0.05) is 34.6 Å². The summed E-state index contributed by atoms with van der Waals surface area (Å²) in [5, 5.41) is 14.9. The number of nitrogens with one attached hydrogen (secondary N) is 1. The van der Waals surface area contributed by atoms with Gasteiger partial charge in [-0.25, -0.2) is 9.97 Å². The van der Waals surface area contributed by atoms with E-state index < -0.39 is 6.10 Å². The minimum atomic E-state index is -1.10. The highest BCUT2D eigenvalue weighted by molar-refractivity contribution is 6.07. The second kappa shape index (κ2) is 14.8. The molecule has 1 amide bonds. The van der Waals surface area contributed by atoms with Crippen LogP contribution in [-0.4, -0.2) is 100 Å². The SMILES string of the molecule is CC.CC1COC1.Cn1c2c(cc(Nc3ccc(N4CCN(C5COC5)CC4)cn3)c1=O)-c1ccnc(N3CCn4c(cc5c4CC(C)(C)C5)C3=O)c1C2O. The number of hydrogen-bond donors (Lipinski definition) is 2. The van der Waals surface area contributed by atoms with Crippen molar-refractivity contribution in [1.82, 2.24) is 24.0 Å². The number of carbonyl (C=O) groups is 1. The Labute approximate surface area is 322 Å². The number of piperazine rings is 1. The molecule has 6 aliphatic rings. The molecule has 3 fully saturated rings. The van der Waals surface area contributed by atoms with Crippen LogP contribution >= 0.6 is 0 Å². The van der Waals surface area contributed by atoms with Crippen LogP contribution in [0.15, 0.2) is 47.5 Å². The number of aliphatic hydroxyl groups is 1. The summed E-state index contributed by atoms with van der Waals surface area (Å²) in [5.41, 5.74) is 7.05. The number of ether oxygens (including phenoxy) is 2. The van der Waals surface area contributed by atoms with Crippen LogP contribution in [0.1, 0.15) is 73.7 Å². The van der Waals surface area contributed by atoms with Gasteiger partial charge in [-0.3, -0.25) is 19.4 Å². The normalized spacial score (nSPS) is 21.2. The highest BCUT2D eigenvalue weighted by atomic mass is 16.5. The van der Waals surface area contributed by atoms with E-state index in [-0.39, 0.29) is 16.9 Å². The number of pyridine rings is 3. The summed E-state index contributed by atoms with van der Waals surface area (Å²) in [6.45, 7) is 19.4. The maximum absolute atomic E-state index is 13.9. The summed E-state index contributed by atoms with van der Waals surface area (Å²) in [5.74, 6) is 1.73. The topological polar surface area (TPSA) is 130 Å². The number of amides is 1. The van der Waals surface area contributed by atoms with E-state index in [0.717, 1.165) is 88.2 Å². The Balaban J connectivity index is 0.000000559. The molecular formula is C42H54N8O5. The summed E-state index contributed by atoms with van der Waals surface area (Å²) in [6, 6.07) is 10.2. The molecule has 10 rings (SSSR count). The first-order chi connectivity index (χ1) is 26.6. The predicted molar refractivity (Wildman–Crippen MR) is 214 cm³/mol. The van der Waals surface area contributed by atoms with E-state index in [4.69, 9.17) is 9.47 Å². The van der Waals surface area contributed by atoms with Gasteiger partial charge in [0.25, 0.3) is 11.5 Å². The zero-order valence-corrected chi connectivity index (χ0v) is 33.0. The number of nitrogens with zero attached hydrogens (tertiary/aromatic N) is 7. The van der Waals surface area contributed by atoms with Crippen LogP contribution in [-0.2, 0) is 35.9 Å². The number of carbonyl (C=O) groups excluding carboxylic acids is 1. The van der Waals surface area contributed by atoms with Crippen molar-refractivity contribution in [3.8, 4) is 11.1 Å². The minimum Gasteiger partial charge on any atom is -0.382 e. The van der Waals surface area contributed by atoms with Crippen molar-refractivity contribution in [3.63, 3.8) is 0 Å². The Morgan fingerprint density at radius 1 is 0.891 bits per heavy atom. The molecule has 1 unspecified atom stereocenters. The fraction of sp³-hybridized carbons (Fsp3) is 0.524. The van der Waals surface area contributed by atoms with Crippen LogP contribution in [0.5, 0.6) is 0 Å². The zero-order valence-electron chi connectivity index (χ0n) is 33.0. The van der Waals surface area contributed by atoms with E-state index in [2.05, 4.69) is 50.4 Å². The van der Waals surface area contributed by atoms with E-state index in [9.17, 15) is 14.7 Å². The van der Waals surface area contributed by atoms with Gasteiger partial charge >= 0.3 is 0 Å². The third-order valence-electron chi connectivity index (χ3n) is 11.8. The fourth-order valence-corrected chi connectivity index (χ4v) is 8.74. The average Bonchev–Trinajstić information content (AvgIpc) is 3.76. The molecule has 4 aromatic heterocycles. The van der Waals surface area contributed by atoms with Crippen molar-refractivity contribution < 1.29 is 19.4 Å². The highest BCUT2D eigenvalue weighted by Crippen LogP contribution is 2.48. The molecule has 8 heterocycles. The minimum absolute atomic E-state index is 0.113. The average molecular weight is 751 g/mol. The molecular weight excluding hydrogens is 697 g/mol. The van der Waals surface area contributed by atoms with Gasteiger partial charge in [-0.15, -0.1) is 0 Å². The third kappa shape index (κ3) is 6.74. The summed E-state index contributed by atoms with van der Waals surface area (Å²) in [7, 11) is 1.67. The van der Waals surface area contributed by atoms with E-state index in [1.807, 2.05) is 44.3 Å². The van der Waals surface area contributed by atoms with Crippen LogP contribution < -0.4 is 20.7 Å². The van der Waals surface area contributed by atoms with Gasteiger partial charge in [0.2, 0.25) is 0 Å². The lowest BCUT2D eigenvalue weighted by Crippen LogP contribution is -2.56. The number of anilines is 4. The molecule has 13 nitrogen and oxygen atoms in total. The van der Waals surface area contributed by atoms with Crippen LogP contribution in [0, 0.1) is 11.3 Å². The second-order valence-corrected chi connectivity index (χ2v) is 16.2. The summed E-state index contributed by atoms with van der Waals surface area (Å²) in [4.78, 5) is 43.3. The largest absolute Gasteiger partial charge is 0.382 e. The number of aromatic nitrogens is 4. The first kappa shape index (κ1) is 37.4. The summed E-state index contributed by atoms with van der Waals surface area (Å²) < 4.78 is 13.9. The predicted octanol–water partition coefficient (Wildman–Crippen LogP) is 4.77. The first-order valence-electron chi connectivity index (χ1n) is 19.9. The van der Waals surface area contributed by atoms with Crippen molar-refractivity contribution in [2.24, 2.45) is 18.4 Å². The zero-order chi connectivity index (χ0) is 38.6. The third-order valence-corrected chi connectivity index (χ3v) is 11.8. The van der Waals surface area contributed by atoms with Crippen molar-refractivity contribution in [1.29, 1.82) is 0 Å². The summed E-state index contributed by atoms with van der Waals surface area (Å²) >= 11 is 0. The maximum atomic E-state index is 13.9. The molecule has 0 bridgehead atoms. The second-order valence-electron chi connectivity index (χ2n) is 16.2. The molecule has 0 aromatic carbocycles. The monoisotopic (exact) mass is 750 g/mol. The lowest BCUT2D eigenvalue weighted by molar-refractivity contribution is -0.0660. The highest BCUT2D eigenvalue weighted by Gasteiger charge is 2.40. The number of hydrogen-bond acceptors (Lipinski definition) is 10. The lowest BCUT2D eigenvalue weighted by Gasteiger charge is -2.43. The first-order valence-corrected chi connectivity index (χ1v) is 19.9. The smallest absolute Gasteiger partial charge is 0.276 e. The van der Waals surface area contributed by atoms with E-state index in [1.165, 1.54) is 15.8 Å². The van der Waals surface area contributed by atoms with Crippen LogP contribution in [0.4, 0.5) is 23.0 Å². The Hall–Kier alpha value is -4.56. The molecule has 4 aromatic rings. The van der Waals surface area contributed by atoms with Crippen LogP contribution in [0.2, 0.25) is 0 Å². The molecule has 55 heavy (non-hydrogen) atoms. The van der Waals surface area contributed by atoms with Gasteiger partial charge in [-0.2, -0.15) is 0 Å². The quantitative estimate of drug-likeness (QED) is 0.295. The molecule has 292 valence electrons. The van der Waals surface area contributed by atoms with Crippen molar-refractivity contribution in [2.75, 3.05) is 74.3 Å². The van der Waals surface area contributed by atoms with Gasteiger partial charge < -0.3 is 33.9 Å². The molecule has 0 saturated carbocycles. The van der Waals surface area contributed by atoms with E-state index in [1.54, 1.807) is 24.2 Å². The Morgan fingerprint density at radius 3 is 2.25 bits per heavy atom. The van der Waals surface area contributed by atoms with Crippen LogP contribution in [0.25, 0.3) is 11.1 Å². The number of aliphatic hydroxyl groups excluding tert-OH is 1. The van der Waals surface area contributed by atoms with E-state index in [0.29, 0.717) is 53.4 Å². The van der Waals surface area contributed by atoms with E-state index >= 15 is 0 Å². The molecule has 13 heteroatoms. The van der Waals surface area contributed by atoms with Crippen LogP contribution in [0.3, 0.4) is 0 Å². The lowest BCUT2D eigenvalue weighted by atomic mass is 9.90. The molecule has 1 atom stereocenters. The number of rotatable bonds is 5. The molecule has 0 spiro atoms. The Kier molecular flexibility index (Phi) is 10.1. The fourth-order valence-electron chi connectivity index (χ4n) is 8.74. The van der Waals surface area contributed by atoms with Gasteiger partial charge in [0.05, 0.1) is 50.0 Å². The van der Waals surface area contributed by atoms with Gasteiger partial charge in [-0.05, 0) is 59.7 Å². The van der Waals surface area contributed by atoms with Gasteiger partial charge in [0.1, 0.15) is 29.1 Å². The molecule has 0 radical (unpaired) electrons.